The fourth-order valence-corrected chi connectivity index (χ4v) is 4.04. The molecule has 1 amide bonds. The first-order valence-corrected chi connectivity index (χ1v) is 9.10. The summed E-state index contributed by atoms with van der Waals surface area (Å²) in [6.45, 7) is 10.7. The molecule has 4 heteroatoms. The third kappa shape index (κ3) is 4.29. The van der Waals surface area contributed by atoms with Crippen LogP contribution in [0.4, 0.5) is 4.79 Å². The lowest BCUT2D eigenvalue weighted by Crippen LogP contribution is -2.45. The van der Waals surface area contributed by atoms with Gasteiger partial charge in [0.15, 0.2) is 0 Å². The summed E-state index contributed by atoms with van der Waals surface area (Å²) in [7, 11) is 0. The van der Waals surface area contributed by atoms with Crippen LogP contribution in [0.25, 0.3) is 0 Å². The van der Waals surface area contributed by atoms with Gasteiger partial charge in [0.1, 0.15) is 5.60 Å². The molecule has 2 heterocycles. The predicted octanol–water partition coefficient (Wildman–Crippen LogP) is 3.91. The van der Waals surface area contributed by atoms with Crippen LogP contribution in [-0.4, -0.2) is 47.7 Å². The Kier molecular flexibility index (Phi) is 4.86. The van der Waals surface area contributed by atoms with Crippen LogP contribution in [0.1, 0.15) is 45.6 Å². The van der Waals surface area contributed by atoms with Crippen molar-refractivity contribution in [1.29, 1.82) is 0 Å². The Bertz CT molecular complexity index is 567. The highest BCUT2D eigenvalue weighted by Gasteiger charge is 2.43. The van der Waals surface area contributed by atoms with Gasteiger partial charge in [0.05, 0.1) is 0 Å². The summed E-state index contributed by atoms with van der Waals surface area (Å²) < 4.78 is 5.55. The first-order chi connectivity index (χ1) is 11.4. The van der Waals surface area contributed by atoms with Crippen molar-refractivity contribution in [2.75, 3.05) is 26.2 Å². The topological polar surface area (TPSA) is 32.8 Å². The van der Waals surface area contributed by atoms with E-state index in [9.17, 15) is 4.79 Å². The fraction of sp³-hybridized carbons (Fsp3) is 0.650. The summed E-state index contributed by atoms with van der Waals surface area (Å²) in [6.07, 6.45) is 3.38. The van der Waals surface area contributed by atoms with E-state index < -0.39 is 5.60 Å². The van der Waals surface area contributed by atoms with Crippen LogP contribution in [0.15, 0.2) is 30.3 Å². The molecule has 0 N–H and O–H groups in total. The second-order valence-electron chi connectivity index (χ2n) is 8.45. The number of benzene rings is 1. The molecule has 1 aromatic rings. The van der Waals surface area contributed by atoms with Gasteiger partial charge in [-0.25, -0.2) is 4.79 Å². The van der Waals surface area contributed by atoms with Crippen molar-refractivity contribution >= 4 is 6.09 Å². The monoisotopic (exact) mass is 330 g/mol. The highest BCUT2D eigenvalue weighted by molar-refractivity contribution is 5.68. The van der Waals surface area contributed by atoms with Gasteiger partial charge in [0.25, 0.3) is 0 Å². The third-order valence-corrected chi connectivity index (χ3v) is 5.08. The van der Waals surface area contributed by atoms with Gasteiger partial charge in [-0.2, -0.15) is 0 Å². The minimum Gasteiger partial charge on any atom is -0.444 e. The third-order valence-electron chi connectivity index (χ3n) is 5.08. The van der Waals surface area contributed by atoms with Gasteiger partial charge >= 0.3 is 6.09 Å². The molecule has 0 aliphatic carbocycles. The molecule has 2 saturated heterocycles. The minimum absolute atomic E-state index is 0.153. The number of rotatable bonds is 2. The van der Waals surface area contributed by atoms with Gasteiger partial charge < -0.3 is 9.64 Å². The minimum atomic E-state index is -0.418. The van der Waals surface area contributed by atoms with E-state index in [1.807, 2.05) is 25.7 Å². The molecule has 0 unspecified atom stereocenters. The molecule has 2 aliphatic heterocycles. The zero-order valence-corrected chi connectivity index (χ0v) is 15.3. The number of nitrogens with zero attached hydrogens (tertiary/aromatic N) is 2. The molecule has 1 aromatic carbocycles. The smallest absolute Gasteiger partial charge is 0.410 e. The van der Waals surface area contributed by atoms with E-state index in [1.54, 1.807) is 0 Å². The number of piperidine rings is 1. The number of likely N-dealkylation sites (tertiary alicyclic amines) is 2. The lowest BCUT2D eigenvalue weighted by Gasteiger charge is -2.40. The quantitative estimate of drug-likeness (QED) is 0.824. The van der Waals surface area contributed by atoms with Gasteiger partial charge in [-0.15, -0.1) is 0 Å². The van der Waals surface area contributed by atoms with E-state index >= 15 is 0 Å². The van der Waals surface area contributed by atoms with Crippen LogP contribution in [-0.2, 0) is 11.3 Å². The van der Waals surface area contributed by atoms with E-state index in [0.29, 0.717) is 0 Å². The Balaban J connectivity index is 1.59. The number of carbonyl (C=O) groups is 1. The largest absolute Gasteiger partial charge is 0.444 e. The maximum atomic E-state index is 12.3. The Hall–Kier alpha value is -1.55. The summed E-state index contributed by atoms with van der Waals surface area (Å²) in [5.41, 5.74) is 1.21. The molecule has 0 bridgehead atoms. The molecule has 132 valence electrons. The highest BCUT2D eigenvalue weighted by Crippen LogP contribution is 2.39. The summed E-state index contributed by atoms with van der Waals surface area (Å²) in [6, 6.07) is 10.7. The van der Waals surface area contributed by atoms with Crippen LogP contribution in [0.3, 0.4) is 0 Å². The molecule has 24 heavy (non-hydrogen) atoms. The molecule has 2 aliphatic rings. The summed E-state index contributed by atoms with van der Waals surface area (Å²) in [4.78, 5) is 16.8. The van der Waals surface area contributed by atoms with Crippen LogP contribution in [0.5, 0.6) is 0 Å². The predicted molar refractivity (Wildman–Crippen MR) is 95.8 cm³/mol. The van der Waals surface area contributed by atoms with Gasteiger partial charge in [-0.3, -0.25) is 4.90 Å². The summed E-state index contributed by atoms with van der Waals surface area (Å²) in [5, 5.41) is 0. The highest BCUT2D eigenvalue weighted by atomic mass is 16.6. The SMILES string of the molecule is CC(C)(C)OC(=O)N1CC[C@@]2(CCCN(Cc3ccccc3)C2)C1. The Labute approximate surface area is 145 Å². The van der Waals surface area contributed by atoms with Crippen LogP contribution < -0.4 is 0 Å². The molecule has 0 saturated carbocycles. The molecule has 1 spiro atoms. The van der Waals surface area contributed by atoms with Gasteiger partial charge in [-0.05, 0) is 52.1 Å². The van der Waals surface area contributed by atoms with Crippen molar-refractivity contribution < 1.29 is 9.53 Å². The van der Waals surface area contributed by atoms with Crippen molar-refractivity contribution in [3.05, 3.63) is 35.9 Å². The Morgan fingerprint density at radius 3 is 2.58 bits per heavy atom. The zero-order chi connectivity index (χ0) is 17.2. The molecule has 0 aromatic heterocycles. The second-order valence-corrected chi connectivity index (χ2v) is 8.45. The number of hydrogen-bond donors (Lipinski definition) is 0. The second kappa shape index (κ2) is 6.75. The molecular weight excluding hydrogens is 300 g/mol. The molecule has 1 atom stereocenters. The molecule has 2 fully saturated rings. The van der Waals surface area contributed by atoms with E-state index in [4.69, 9.17) is 4.74 Å². The number of ether oxygens (including phenoxy) is 1. The number of hydrogen-bond acceptors (Lipinski definition) is 3. The lowest BCUT2D eigenvalue weighted by atomic mass is 9.79. The maximum Gasteiger partial charge on any atom is 0.410 e. The van der Waals surface area contributed by atoms with Crippen molar-refractivity contribution in [2.45, 2.75) is 52.2 Å². The van der Waals surface area contributed by atoms with Gasteiger partial charge in [0.2, 0.25) is 0 Å². The molecule has 0 radical (unpaired) electrons. The van der Waals surface area contributed by atoms with Gasteiger partial charge in [0, 0.05) is 31.6 Å². The zero-order valence-electron chi connectivity index (χ0n) is 15.3. The first kappa shape index (κ1) is 17.3. The van der Waals surface area contributed by atoms with E-state index in [0.717, 1.165) is 39.1 Å². The standard InChI is InChI=1S/C20H30N2O2/c1-19(2,3)24-18(23)22-13-11-20(16-22)10-7-12-21(15-20)14-17-8-5-4-6-9-17/h4-6,8-9H,7,10-16H2,1-3H3/t20-/m1/s1. The first-order valence-electron chi connectivity index (χ1n) is 9.10. The fourth-order valence-electron chi connectivity index (χ4n) is 4.04. The van der Waals surface area contributed by atoms with E-state index in [2.05, 4.69) is 35.2 Å². The summed E-state index contributed by atoms with van der Waals surface area (Å²) >= 11 is 0. The van der Waals surface area contributed by atoms with Crippen LogP contribution in [0.2, 0.25) is 0 Å². The van der Waals surface area contributed by atoms with E-state index in [1.165, 1.54) is 18.4 Å². The molecule has 4 nitrogen and oxygen atoms in total. The number of amides is 1. The Morgan fingerprint density at radius 2 is 1.88 bits per heavy atom. The number of carbonyl (C=O) groups excluding carboxylic acids is 1. The van der Waals surface area contributed by atoms with Crippen molar-refractivity contribution in [2.24, 2.45) is 5.41 Å². The maximum absolute atomic E-state index is 12.3. The van der Waals surface area contributed by atoms with Crippen LogP contribution >= 0.6 is 0 Å². The summed E-state index contributed by atoms with van der Waals surface area (Å²) in [5.74, 6) is 0. The van der Waals surface area contributed by atoms with Crippen LogP contribution in [0, 0.1) is 5.41 Å². The van der Waals surface area contributed by atoms with Crippen molar-refractivity contribution in [3.63, 3.8) is 0 Å². The van der Waals surface area contributed by atoms with Crippen molar-refractivity contribution in [3.8, 4) is 0 Å². The van der Waals surface area contributed by atoms with Crippen molar-refractivity contribution in [1.82, 2.24) is 9.80 Å². The normalized spacial score (nSPS) is 25.2. The Morgan fingerprint density at radius 1 is 1.12 bits per heavy atom. The van der Waals surface area contributed by atoms with Gasteiger partial charge in [-0.1, -0.05) is 30.3 Å². The average Bonchev–Trinajstić information content (AvgIpc) is 2.90. The molecular formula is C20H30N2O2. The average molecular weight is 330 g/mol. The lowest BCUT2D eigenvalue weighted by molar-refractivity contribution is 0.0234. The van der Waals surface area contributed by atoms with E-state index in [-0.39, 0.29) is 11.5 Å². The molecule has 3 rings (SSSR count).